The normalized spacial score (nSPS) is 10.6. The molecule has 0 unspecified atom stereocenters. The van der Waals surface area contributed by atoms with E-state index in [0.717, 1.165) is 17.2 Å². The molecule has 2 N–H and O–H groups in total. The number of aliphatic hydroxyl groups is 1. The molecular formula is C18H20FNO3. The predicted octanol–water partition coefficient (Wildman–Crippen LogP) is 2.86. The summed E-state index contributed by atoms with van der Waals surface area (Å²) in [4.78, 5) is 14.1. The fourth-order valence-corrected chi connectivity index (χ4v) is 2.28. The van der Waals surface area contributed by atoms with Crippen molar-refractivity contribution in [1.82, 2.24) is 4.90 Å². The van der Waals surface area contributed by atoms with Crippen molar-refractivity contribution in [3.63, 3.8) is 0 Å². The fraction of sp³-hybridized carbons (Fsp3) is 0.278. The Morgan fingerprint density at radius 1 is 1.17 bits per heavy atom. The Bertz CT molecular complexity index is 670. The minimum Gasteiger partial charge on any atom is -0.508 e. The number of aryl methyl sites for hydroxylation is 1. The summed E-state index contributed by atoms with van der Waals surface area (Å²) in [7, 11) is 0. The van der Waals surface area contributed by atoms with Crippen LogP contribution in [-0.4, -0.2) is 34.2 Å². The van der Waals surface area contributed by atoms with Crippen molar-refractivity contribution >= 4 is 5.91 Å². The fourth-order valence-electron chi connectivity index (χ4n) is 2.28. The smallest absolute Gasteiger partial charge is 0.257 e. The third-order valence-electron chi connectivity index (χ3n) is 3.55. The zero-order valence-corrected chi connectivity index (χ0v) is 13.0. The minimum atomic E-state index is -0.757. The van der Waals surface area contributed by atoms with Gasteiger partial charge in [-0.1, -0.05) is 29.8 Å². The van der Waals surface area contributed by atoms with Gasteiger partial charge in [-0.2, -0.15) is 0 Å². The van der Waals surface area contributed by atoms with Gasteiger partial charge in [0.2, 0.25) is 0 Å². The third-order valence-corrected chi connectivity index (χ3v) is 3.55. The molecule has 1 amide bonds. The molecule has 0 atom stereocenters. The van der Waals surface area contributed by atoms with Gasteiger partial charge in [0.1, 0.15) is 11.6 Å². The van der Waals surface area contributed by atoms with E-state index in [9.17, 15) is 14.3 Å². The lowest BCUT2D eigenvalue weighted by atomic mass is 10.1. The summed E-state index contributed by atoms with van der Waals surface area (Å²) in [6.07, 6.45) is 0.414. The van der Waals surface area contributed by atoms with Crippen molar-refractivity contribution in [2.75, 3.05) is 13.2 Å². The van der Waals surface area contributed by atoms with Crippen LogP contribution in [0.4, 0.5) is 4.39 Å². The van der Waals surface area contributed by atoms with E-state index >= 15 is 0 Å². The molecule has 2 aromatic carbocycles. The summed E-state index contributed by atoms with van der Waals surface area (Å²) in [5, 5.41) is 18.3. The SMILES string of the molecule is Cc1ccc(CN(CCCO)C(=O)c2ccc(O)cc2F)cc1. The molecular weight excluding hydrogens is 297 g/mol. The number of carbonyl (C=O) groups excluding carboxylic acids is 1. The van der Waals surface area contributed by atoms with E-state index in [1.54, 1.807) is 0 Å². The Labute approximate surface area is 134 Å². The van der Waals surface area contributed by atoms with Crippen molar-refractivity contribution in [3.05, 3.63) is 65.0 Å². The molecule has 0 aromatic heterocycles. The second kappa shape index (κ2) is 7.74. The first-order chi connectivity index (χ1) is 11.0. The highest BCUT2D eigenvalue weighted by molar-refractivity contribution is 5.94. The van der Waals surface area contributed by atoms with E-state index in [1.165, 1.54) is 17.0 Å². The molecule has 0 aliphatic carbocycles. The van der Waals surface area contributed by atoms with Crippen LogP contribution in [0.5, 0.6) is 5.75 Å². The average Bonchev–Trinajstić information content (AvgIpc) is 2.52. The van der Waals surface area contributed by atoms with Crippen molar-refractivity contribution in [3.8, 4) is 5.75 Å². The number of carbonyl (C=O) groups is 1. The zero-order valence-electron chi connectivity index (χ0n) is 13.0. The number of aromatic hydroxyl groups is 1. The molecule has 0 spiro atoms. The maximum absolute atomic E-state index is 13.9. The molecule has 0 aliphatic rings. The lowest BCUT2D eigenvalue weighted by Gasteiger charge is -2.23. The van der Waals surface area contributed by atoms with Gasteiger partial charge in [-0.05, 0) is 31.0 Å². The van der Waals surface area contributed by atoms with E-state index in [1.807, 2.05) is 31.2 Å². The number of rotatable bonds is 6. The van der Waals surface area contributed by atoms with Crippen LogP contribution in [0.1, 0.15) is 27.9 Å². The van der Waals surface area contributed by atoms with Crippen LogP contribution in [0.3, 0.4) is 0 Å². The Morgan fingerprint density at radius 2 is 1.87 bits per heavy atom. The first-order valence-corrected chi connectivity index (χ1v) is 7.45. The zero-order chi connectivity index (χ0) is 16.8. The largest absolute Gasteiger partial charge is 0.508 e. The van der Waals surface area contributed by atoms with Gasteiger partial charge >= 0.3 is 0 Å². The molecule has 0 fully saturated rings. The van der Waals surface area contributed by atoms with Crippen molar-refractivity contribution in [2.45, 2.75) is 19.9 Å². The summed E-state index contributed by atoms with van der Waals surface area (Å²) in [5.41, 5.74) is 1.96. The van der Waals surface area contributed by atoms with E-state index in [0.29, 0.717) is 19.5 Å². The highest BCUT2D eigenvalue weighted by Gasteiger charge is 2.19. The van der Waals surface area contributed by atoms with Gasteiger partial charge in [0.25, 0.3) is 5.91 Å². The number of halogens is 1. The Balaban J connectivity index is 2.22. The number of phenols is 1. The van der Waals surface area contributed by atoms with Gasteiger partial charge in [0.15, 0.2) is 0 Å². The van der Waals surface area contributed by atoms with Crippen LogP contribution in [0.15, 0.2) is 42.5 Å². The Kier molecular flexibility index (Phi) is 5.71. The molecule has 0 bridgehead atoms. The van der Waals surface area contributed by atoms with Gasteiger partial charge in [0.05, 0.1) is 5.56 Å². The molecule has 0 radical (unpaired) electrons. The number of benzene rings is 2. The topological polar surface area (TPSA) is 60.8 Å². The molecule has 4 nitrogen and oxygen atoms in total. The second-order valence-corrected chi connectivity index (χ2v) is 5.45. The number of phenolic OH excluding ortho intramolecular Hbond substituents is 1. The Hall–Kier alpha value is -2.40. The molecule has 2 aromatic rings. The van der Waals surface area contributed by atoms with Gasteiger partial charge in [-0.15, -0.1) is 0 Å². The monoisotopic (exact) mass is 317 g/mol. The van der Waals surface area contributed by atoms with Crippen LogP contribution >= 0.6 is 0 Å². The van der Waals surface area contributed by atoms with Crippen LogP contribution in [0.25, 0.3) is 0 Å². The number of nitrogens with zero attached hydrogens (tertiary/aromatic N) is 1. The van der Waals surface area contributed by atoms with Crippen LogP contribution in [-0.2, 0) is 6.54 Å². The molecule has 122 valence electrons. The van der Waals surface area contributed by atoms with Gasteiger partial charge in [-0.25, -0.2) is 4.39 Å². The van der Waals surface area contributed by atoms with Crippen molar-refractivity contribution in [1.29, 1.82) is 0 Å². The second-order valence-electron chi connectivity index (χ2n) is 5.45. The Morgan fingerprint density at radius 3 is 2.48 bits per heavy atom. The van der Waals surface area contributed by atoms with Crippen LogP contribution < -0.4 is 0 Å². The quantitative estimate of drug-likeness (QED) is 0.861. The first-order valence-electron chi connectivity index (χ1n) is 7.45. The van der Waals surface area contributed by atoms with E-state index in [2.05, 4.69) is 0 Å². The number of hydrogen-bond donors (Lipinski definition) is 2. The highest BCUT2D eigenvalue weighted by Crippen LogP contribution is 2.18. The standard InChI is InChI=1S/C18H20FNO3/c1-13-3-5-14(6-4-13)12-20(9-2-10-21)18(23)16-8-7-15(22)11-17(16)19/h3-8,11,21-22H,2,9-10,12H2,1H3. The lowest BCUT2D eigenvalue weighted by molar-refractivity contribution is 0.0727. The predicted molar refractivity (Wildman–Crippen MR) is 85.7 cm³/mol. The molecule has 0 saturated carbocycles. The first kappa shape index (κ1) is 17.0. The average molecular weight is 317 g/mol. The van der Waals surface area contributed by atoms with E-state index < -0.39 is 11.7 Å². The van der Waals surface area contributed by atoms with Crippen molar-refractivity contribution in [2.24, 2.45) is 0 Å². The molecule has 0 heterocycles. The summed E-state index contributed by atoms with van der Waals surface area (Å²) in [6, 6.07) is 11.2. The third kappa shape index (κ3) is 4.53. The van der Waals surface area contributed by atoms with E-state index in [4.69, 9.17) is 5.11 Å². The van der Waals surface area contributed by atoms with Gasteiger partial charge in [-0.3, -0.25) is 4.79 Å². The molecule has 2 rings (SSSR count). The molecule has 0 aliphatic heterocycles. The summed E-state index contributed by atoms with van der Waals surface area (Å²) >= 11 is 0. The van der Waals surface area contributed by atoms with Gasteiger partial charge in [0, 0.05) is 25.8 Å². The minimum absolute atomic E-state index is 0.0459. The number of hydrogen-bond acceptors (Lipinski definition) is 3. The lowest BCUT2D eigenvalue weighted by Crippen LogP contribution is -2.32. The van der Waals surface area contributed by atoms with Crippen LogP contribution in [0.2, 0.25) is 0 Å². The molecule has 23 heavy (non-hydrogen) atoms. The summed E-state index contributed by atoms with van der Waals surface area (Å²) < 4.78 is 13.9. The van der Waals surface area contributed by atoms with Crippen LogP contribution in [0, 0.1) is 12.7 Å². The van der Waals surface area contributed by atoms with E-state index in [-0.39, 0.29) is 17.9 Å². The summed E-state index contributed by atoms with van der Waals surface area (Å²) in [5.74, 6) is -1.44. The highest BCUT2D eigenvalue weighted by atomic mass is 19.1. The number of amides is 1. The molecule has 0 saturated heterocycles. The van der Waals surface area contributed by atoms with Crippen molar-refractivity contribution < 1.29 is 19.4 Å². The maximum Gasteiger partial charge on any atom is 0.257 e. The van der Waals surface area contributed by atoms with Gasteiger partial charge < -0.3 is 15.1 Å². The molecule has 5 heteroatoms. The summed E-state index contributed by atoms with van der Waals surface area (Å²) in [6.45, 7) is 2.59. The maximum atomic E-state index is 13.9. The number of aliphatic hydroxyl groups excluding tert-OH is 1.